The summed E-state index contributed by atoms with van der Waals surface area (Å²) in [5.41, 5.74) is 0.725. The van der Waals surface area contributed by atoms with Crippen molar-refractivity contribution in [2.75, 3.05) is 7.11 Å². The van der Waals surface area contributed by atoms with Crippen molar-refractivity contribution in [3.63, 3.8) is 0 Å². The summed E-state index contributed by atoms with van der Waals surface area (Å²) in [5, 5.41) is 11.0. The molecule has 0 bridgehead atoms. The zero-order valence-corrected chi connectivity index (χ0v) is 12.5. The van der Waals surface area contributed by atoms with Gasteiger partial charge in [-0.05, 0) is 18.6 Å². The fraction of sp³-hybridized carbons (Fsp3) is 0.400. The monoisotopic (exact) mass is 294 g/mol. The van der Waals surface area contributed by atoms with Crippen molar-refractivity contribution in [1.82, 2.24) is 9.55 Å². The SMILES string of the molecule is CCCn1ccnc1CC(O)c1ccc(Cl)cc1OC. The average Bonchev–Trinajstić information content (AvgIpc) is 2.86. The molecule has 5 heteroatoms. The van der Waals surface area contributed by atoms with Crippen LogP contribution in [-0.4, -0.2) is 21.8 Å². The third-order valence-corrected chi connectivity index (χ3v) is 3.43. The van der Waals surface area contributed by atoms with Gasteiger partial charge in [0, 0.05) is 35.9 Å². The van der Waals surface area contributed by atoms with Gasteiger partial charge in [-0.15, -0.1) is 0 Å². The molecule has 0 spiro atoms. The lowest BCUT2D eigenvalue weighted by Crippen LogP contribution is -2.10. The molecule has 0 aliphatic rings. The highest BCUT2D eigenvalue weighted by Crippen LogP contribution is 2.30. The zero-order chi connectivity index (χ0) is 14.5. The number of aliphatic hydroxyl groups is 1. The molecule has 1 unspecified atom stereocenters. The first kappa shape index (κ1) is 14.9. The number of methoxy groups -OCH3 is 1. The van der Waals surface area contributed by atoms with Gasteiger partial charge in [0.15, 0.2) is 0 Å². The highest BCUT2D eigenvalue weighted by molar-refractivity contribution is 6.30. The maximum atomic E-state index is 10.4. The van der Waals surface area contributed by atoms with Crippen LogP contribution in [0, 0.1) is 0 Å². The molecule has 1 aromatic carbocycles. The van der Waals surface area contributed by atoms with Gasteiger partial charge in [-0.1, -0.05) is 24.6 Å². The van der Waals surface area contributed by atoms with E-state index in [0.717, 1.165) is 24.4 Å². The second-order valence-corrected chi connectivity index (χ2v) is 5.08. The first-order valence-corrected chi connectivity index (χ1v) is 7.05. The summed E-state index contributed by atoms with van der Waals surface area (Å²) in [4.78, 5) is 4.31. The summed E-state index contributed by atoms with van der Waals surface area (Å²) in [7, 11) is 1.57. The van der Waals surface area contributed by atoms with Gasteiger partial charge in [0.05, 0.1) is 13.2 Å². The maximum Gasteiger partial charge on any atom is 0.126 e. The largest absolute Gasteiger partial charge is 0.496 e. The van der Waals surface area contributed by atoms with Gasteiger partial charge in [-0.25, -0.2) is 4.98 Å². The molecule has 20 heavy (non-hydrogen) atoms. The Kier molecular flexibility index (Phi) is 5.04. The standard InChI is InChI=1S/C15H19ClN2O2/c1-3-7-18-8-6-17-15(18)10-13(19)12-5-4-11(16)9-14(12)20-2/h4-6,8-9,13,19H,3,7,10H2,1-2H3. The molecule has 0 fully saturated rings. The second-order valence-electron chi connectivity index (χ2n) is 4.64. The van der Waals surface area contributed by atoms with E-state index in [1.807, 2.05) is 6.20 Å². The molecule has 0 radical (unpaired) electrons. The number of aryl methyl sites for hydroxylation is 1. The van der Waals surface area contributed by atoms with Crippen LogP contribution in [0.5, 0.6) is 5.75 Å². The summed E-state index contributed by atoms with van der Waals surface area (Å²) in [6.07, 6.45) is 4.51. The fourth-order valence-electron chi connectivity index (χ4n) is 2.22. The summed E-state index contributed by atoms with van der Waals surface area (Å²) < 4.78 is 7.33. The Morgan fingerprint density at radius 3 is 2.95 bits per heavy atom. The van der Waals surface area contributed by atoms with Crippen molar-refractivity contribution in [2.24, 2.45) is 0 Å². The van der Waals surface area contributed by atoms with Crippen molar-refractivity contribution in [2.45, 2.75) is 32.4 Å². The van der Waals surface area contributed by atoms with Crippen LogP contribution in [0.2, 0.25) is 5.02 Å². The highest BCUT2D eigenvalue weighted by Gasteiger charge is 2.16. The van der Waals surface area contributed by atoms with Crippen LogP contribution >= 0.6 is 11.6 Å². The highest BCUT2D eigenvalue weighted by atomic mass is 35.5. The minimum absolute atomic E-state index is 0.449. The Hall–Kier alpha value is -1.52. The first-order chi connectivity index (χ1) is 9.65. The average molecular weight is 295 g/mol. The summed E-state index contributed by atoms with van der Waals surface area (Å²) >= 11 is 5.93. The van der Waals surface area contributed by atoms with Crippen molar-refractivity contribution in [3.05, 3.63) is 47.0 Å². The first-order valence-electron chi connectivity index (χ1n) is 6.67. The summed E-state index contributed by atoms with van der Waals surface area (Å²) in [6, 6.07) is 5.25. The van der Waals surface area contributed by atoms with E-state index in [4.69, 9.17) is 16.3 Å². The number of hydrogen-bond acceptors (Lipinski definition) is 3. The predicted molar refractivity (Wildman–Crippen MR) is 79.2 cm³/mol. The van der Waals surface area contributed by atoms with Gasteiger partial charge in [0.2, 0.25) is 0 Å². The van der Waals surface area contributed by atoms with Crippen molar-refractivity contribution in [3.8, 4) is 5.75 Å². The molecule has 108 valence electrons. The van der Waals surface area contributed by atoms with Crippen LogP contribution in [-0.2, 0) is 13.0 Å². The quantitative estimate of drug-likeness (QED) is 0.890. The number of aromatic nitrogens is 2. The Labute approximate surface area is 124 Å². The maximum absolute atomic E-state index is 10.4. The van der Waals surface area contributed by atoms with Gasteiger partial charge < -0.3 is 14.4 Å². The van der Waals surface area contributed by atoms with E-state index >= 15 is 0 Å². The van der Waals surface area contributed by atoms with E-state index in [9.17, 15) is 5.11 Å². The lowest BCUT2D eigenvalue weighted by molar-refractivity contribution is 0.170. The molecular weight excluding hydrogens is 276 g/mol. The van der Waals surface area contributed by atoms with Crippen LogP contribution < -0.4 is 4.74 Å². The molecular formula is C15H19ClN2O2. The molecule has 0 amide bonds. The minimum atomic E-state index is -0.666. The zero-order valence-electron chi connectivity index (χ0n) is 11.7. The lowest BCUT2D eigenvalue weighted by Gasteiger charge is -2.15. The Bertz CT molecular complexity index is 569. The van der Waals surface area contributed by atoms with Crippen LogP contribution in [0.1, 0.15) is 30.8 Å². The van der Waals surface area contributed by atoms with E-state index in [1.165, 1.54) is 0 Å². The Balaban J connectivity index is 2.19. The number of benzene rings is 1. The molecule has 1 atom stereocenters. The van der Waals surface area contributed by atoms with E-state index in [-0.39, 0.29) is 0 Å². The number of ether oxygens (including phenoxy) is 1. The minimum Gasteiger partial charge on any atom is -0.496 e. The molecule has 1 heterocycles. The topological polar surface area (TPSA) is 47.3 Å². The van der Waals surface area contributed by atoms with Gasteiger partial charge in [-0.3, -0.25) is 0 Å². The smallest absolute Gasteiger partial charge is 0.126 e. The van der Waals surface area contributed by atoms with Crippen LogP contribution in [0.4, 0.5) is 0 Å². The fourth-order valence-corrected chi connectivity index (χ4v) is 2.38. The van der Waals surface area contributed by atoms with E-state index in [0.29, 0.717) is 17.2 Å². The number of aliphatic hydroxyl groups excluding tert-OH is 1. The van der Waals surface area contributed by atoms with Gasteiger partial charge in [-0.2, -0.15) is 0 Å². The molecule has 2 aromatic rings. The molecule has 1 aromatic heterocycles. The van der Waals surface area contributed by atoms with E-state index < -0.39 is 6.10 Å². The van der Waals surface area contributed by atoms with Crippen molar-refractivity contribution < 1.29 is 9.84 Å². The molecule has 0 aliphatic carbocycles. The molecule has 0 saturated heterocycles. The second kappa shape index (κ2) is 6.77. The summed E-state index contributed by atoms with van der Waals surface area (Å²) in [6.45, 7) is 3.02. The summed E-state index contributed by atoms with van der Waals surface area (Å²) in [5.74, 6) is 1.47. The van der Waals surface area contributed by atoms with Gasteiger partial charge in [0.1, 0.15) is 11.6 Å². The van der Waals surface area contributed by atoms with Gasteiger partial charge >= 0.3 is 0 Å². The lowest BCUT2D eigenvalue weighted by atomic mass is 10.1. The van der Waals surface area contributed by atoms with E-state index in [1.54, 1.807) is 31.5 Å². The Morgan fingerprint density at radius 1 is 1.45 bits per heavy atom. The Morgan fingerprint density at radius 2 is 2.25 bits per heavy atom. The number of hydrogen-bond donors (Lipinski definition) is 1. The number of nitrogens with zero attached hydrogens (tertiary/aromatic N) is 2. The molecule has 0 saturated carbocycles. The molecule has 2 rings (SSSR count). The van der Waals surface area contributed by atoms with E-state index in [2.05, 4.69) is 16.5 Å². The molecule has 0 aliphatic heterocycles. The normalized spacial score (nSPS) is 12.4. The third kappa shape index (κ3) is 3.32. The van der Waals surface area contributed by atoms with Crippen LogP contribution in [0.25, 0.3) is 0 Å². The van der Waals surface area contributed by atoms with Crippen LogP contribution in [0.15, 0.2) is 30.6 Å². The number of rotatable bonds is 6. The molecule has 4 nitrogen and oxygen atoms in total. The predicted octanol–water partition coefficient (Wildman–Crippen LogP) is 3.23. The van der Waals surface area contributed by atoms with Crippen LogP contribution in [0.3, 0.4) is 0 Å². The van der Waals surface area contributed by atoms with Crippen molar-refractivity contribution >= 4 is 11.6 Å². The number of halogens is 1. The van der Waals surface area contributed by atoms with Gasteiger partial charge in [0.25, 0.3) is 0 Å². The number of imidazole rings is 1. The third-order valence-electron chi connectivity index (χ3n) is 3.20. The molecule has 1 N–H and O–H groups in total. The van der Waals surface area contributed by atoms with Crippen molar-refractivity contribution in [1.29, 1.82) is 0 Å².